The lowest BCUT2D eigenvalue weighted by molar-refractivity contribution is 0.0792. The summed E-state index contributed by atoms with van der Waals surface area (Å²) >= 11 is 2.00. The zero-order valence-electron chi connectivity index (χ0n) is 18.1. The lowest BCUT2D eigenvalue weighted by atomic mass is 9.95. The predicted octanol–water partition coefficient (Wildman–Crippen LogP) is 3.37. The molecule has 6 heteroatoms. The van der Waals surface area contributed by atoms with Crippen LogP contribution in [0.15, 0.2) is 29.3 Å². The van der Waals surface area contributed by atoms with E-state index >= 15 is 0 Å². The van der Waals surface area contributed by atoms with Crippen molar-refractivity contribution in [1.82, 2.24) is 15.5 Å². The van der Waals surface area contributed by atoms with Crippen LogP contribution in [0.1, 0.15) is 56.6 Å². The second-order valence-electron chi connectivity index (χ2n) is 8.38. The first-order valence-corrected chi connectivity index (χ1v) is 12.5. The minimum atomic E-state index is -0.105. The van der Waals surface area contributed by atoms with Crippen molar-refractivity contribution in [3.63, 3.8) is 0 Å². The van der Waals surface area contributed by atoms with Crippen LogP contribution in [-0.4, -0.2) is 59.3 Å². The van der Waals surface area contributed by atoms with E-state index in [0.717, 1.165) is 50.2 Å². The minimum absolute atomic E-state index is 0.105. The molecule has 1 heterocycles. The van der Waals surface area contributed by atoms with Gasteiger partial charge in [-0.3, -0.25) is 4.90 Å². The summed E-state index contributed by atoms with van der Waals surface area (Å²) in [5.41, 5.74) is 2.58. The quantitative estimate of drug-likeness (QED) is 0.468. The maximum absolute atomic E-state index is 9.65. The second kappa shape index (κ2) is 11.8. The van der Waals surface area contributed by atoms with Gasteiger partial charge in [-0.15, -0.1) is 0 Å². The number of aliphatic imine (C=N–C) groups is 1. The van der Waals surface area contributed by atoms with Crippen molar-refractivity contribution in [1.29, 1.82) is 0 Å². The fourth-order valence-corrected chi connectivity index (χ4v) is 5.09. The Bertz CT molecular complexity index is 628. The second-order valence-corrected chi connectivity index (χ2v) is 9.52. The van der Waals surface area contributed by atoms with Gasteiger partial charge in [0.2, 0.25) is 0 Å². The molecule has 1 aromatic rings. The Morgan fingerprint density at radius 3 is 2.55 bits per heavy atom. The molecule has 2 unspecified atom stereocenters. The Labute approximate surface area is 180 Å². The third-order valence-corrected chi connectivity index (χ3v) is 7.15. The minimum Gasteiger partial charge on any atom is -0.393 e. The zero-order chi connectivity index (χ0) is 20.5. The van der Waals surface area contributed by atoms with E-state index in [2.05, 4.69) is 53.0 Å². The summed E-state index contributed by atoms with van der Waals surface area (Å²) in [6.07, 6.45) is 9.03. The van der Waals surface area contributed by atoms with Gasteiger partial charge in [-0.25, -0.2) is 4.99 Å². The fourth-order valence-electron chi connectivity index (χ4n) is 4.26. The molecule has 1 aliphatic carbocycles. The highest BCUT2D eigenvalue weighted by molar-refractivity contribution is 7.99. The highest BCUT2D eigenvalue weighted by Gasteiger charge is 2.22. The Morgan fingerprint density at radius 2 is 1.86 bits per heavy atom. The Balaban J connectivity index is 1.50. The van der Waals surface area contributed by atoms with E-state index in [-0.39, 0.29) is 6.10 Å². The highest BCUT2D eigenvalue weighted by Crippen LogP contribution is 2.26. The molecular formula is C23H38N4OS. The molecule has 0 bridgehead atoms. The van der Waals surface area contributed by atoms with Gasteiger partial charge in [0.05, 0.1) is 12.6 Å². The molecule has 29 heavy (non-hydrogen) atoms. The number of aliphatic hydroxyl groups excluding tert-OH is 1. The first kappa shape index (κ1) is 22.4. The van der Waals surface area contributed by atoms with Gasteiger partial charge in [-0.2, -0.15) is 11.8 Å². The molecule has 2 atom stereocenters. The van der Waals surface area contributed by atoms with Gasteiger partial charge in [0.1, 0.15) is 0 Å². The number of hydrogen-bond donors (Lipinski definition) is 3. The van der Waals surface area contributed by atoms with Crippen molar-refractivity contribution in [3.8, 4) is 0 Å². The van der Waals surface area contributed by atoms with Crippen molar-refractivity contribution in [2.24, 2.45) is 4.99 Å². The van der Waals surface area contributed by atoms with Gasteiger partial charge in [0, 0.05) is 37.5 Å². The molecule has 1 aromatic carbocycles. The van der Waals surface area contributed by atoms with Crippen LogP contribution in [0.3, 0.4) is 0 Å². The van der Waals surface area contributed by atoms with Crippen LogP contribution in [-0.2, 0) is 13.1 Å². The molecule has 0 aromatic heterocycles. The van der Waals surface area contributed by atoms with Crippen LogP contribution < -0.4 is 10.6 Å². The van der Waals surface area contributed by atoms with Gasteiger partial charge in [0.25, 0.3) is 0 Å². The molecular weight excluding hydrogens is 380 g/mol. The number of nitrogens with one attached hydrogen (secondary N) is 2. The summed E-state index contributed by atoms with van der Waals surface area (Å²) in [5, 5.41) is 17.5. The summed E-state index contributed by atoms with van der Waals surface area (Å²) in [6, 6.07) is 9.38. The van der Waals surface area contributed by atoms with Crippen molar-refractivity contribution >= 4 is 17.7 Å². The van der Waals surface area contributed by atoms with Crippen molar-refractivity contribution in [2.75, 3.05) is 25.9 Å². The van der Waals surface area contributed by atoms with Crippen LogP contribution >= 0.6 is 11.8 Å². The first-order valence-electron chi connectivity index (χ1n) is 11.2. The third-order valence-electron chi connectivity index (χ3n) is 6.05. The summed E-state index contributed by atoms with van der Waals surface area (Å²) in [6.45, 7) is 6.65. The Morgan fingerprint density at radius 1 is 1.14 bits per heavy atom. The van der Waals surface area contributed by atoms with Gasteiger partial charge in [-0.05, 0) is 56.4 Å². The SMILES string of the molecule is CCNC(=NCc1ccc(CN2CCC(O)CC2)cc1)NC1CCCC(SC)C1. The maximum atomic E-state index is 9.65. The van der Waals surface area contributed by atoms with Crippen LogP contribution in [0.4, 0.5) is 0 Å². The average molecular weight is 419 g/mol. The van der Waals surface area contributed by atoms with Crippen molar-refractivity contribution in [3.05, 3.63) is 35.4 Å². The van der Waals surface area contributed by atoms with E-state index < -0.39 is 0 Å². The number of guanidine groups is 1. The number of likely N-dealkylation sites (tertiary alicyclic amines) is 1. The number of piperidine rings is 1. The van der Waals surface area contributed by atoms with Crippen molar-refractivity contribution < 1.29 is 5.11 Å². The van der Waals surface area contributed by atoms with Crippen molar-refractivity contribution in [2.45, 2.75) is 75.9 Å². The fraction of sp³-hybridized carbons (Fsp3) is 0.696. The van der Waals surface area contributed by atoms with E-state index in [9.17, 15) is 5.11 Å². The van der Waals surface area contributed by atoms with E-state index in [1.165, 1.54) is 36.8 Å². The summed E-state index contributed by atoms with van der Waals surface area (Å²) in [5.74, 6) is 0.940. The van der Waals surface area contributed by atoms with Crippen LogP contribution in [0.5, 0.6) is 0 Å². The molecule has 0 radical (unpaired) electrons. The Hall–Kier alpha value is -1.24. The van der Waals surface area contributed by atoms with E-state index in [0.29, 0.717) is 12.6 Å². The largest absolute Gasteiger partial charge is 0.393 e. The monoisotopic (exact) mass is 418 g/mol. The molecule has 0 amide bonds. The number of nitrogens with zero attached hydrogens (tertiary/aromatic N) is 2. The molecule has 1 saturated carbocycles. The number of thioether (sulfide) groups is 1. The molecule has 3 N–H and O–H groups in total. The smallest absolute Gasteiger partial charge is 0.191 e. The van der Waals surface area contributed by atoms with Gasteiger partial charge >= 0.3 is 0 Å². The molecule has 1 saturated heterocycles. The number of hydrogen-bond acceptors (Lipinski definition) is 4. The number of rotatable bonds is 7. The summed E-state index contributed by atoms with van der Waals surface area (Å²) < 4.78 is 0. The standard InChI is InChI=1S/C23H38N4OS/c1-3-24-23(26-20-5-4-6-22(15-20)29-2)25-16-18-7-9-19(10-8-18)17-27-13-11-21(28)12-14-27/h7-10,20-22,28H,3-6,11-17H2,1-2H3,(H2,24,25,26). The maximum Gasteiger partial charge on any atom is 0.191 e. The molecule has 5 nitrogen and oxygen atoms in total. The van der Waals surface area contributed by atoms with Gasteiger partial charge in [0.15, 0.2) is 5.96 Å². The first-order chi connectivity index (χ1) is 14.2. The van der Waals surface area contributed by atoms with E-state index in [1.807, 2.05) is 11.8 Å². The molecule has 2 fully saturated rings. The Kier molecular flexibility index (Phi) is 9.15. The average Bonchev–Trinajstić information content (AvgIpc) is 2.75. The predicted molar refractivity (Wildman–Crippen MR) is 124 cm³/mol. The molecule has 2 aliphatic rings. The normalized spacial score (nSPS) is 24.4. The number of benzene rings is 1. The zero-order valence-corrected chi connectivity index (χ0v) is 18.9. The van der Waals surface area contributed by atoms with Gasteiger partial charge < -0.3 is 15.7 Å². The molecule has 0 spiro atoms. The molecule has 1 aliphatic heterocycles. The molecule has 162 valence electrons. The third kappa shape index (κ3) is 7.50. The number of aliphatic hydroxyl groups is 1. The molecule has 3 rings (SSSR count). The highest BCUT2D eigenvalue weighted by atomic mass is 32.2. The van der Waals surface area contributed by atoms with Gasteiger partial charge in [-0.1, -0.05) is 30.7 Å². The summed E-state index contributed by atoms with van der Waals surface area (Å²) in [7, 11) is 0. The van der Waals surface area contributed by atoms with Crippen LogP contribution in [0.25, 0.3) is 0 Å². The van der Waals surface area contributed by atoms with Crippen LogP contribution in [0.2, 0.25) is 0 Å². The topological polar surface area (TPSA) is 59.9 Å². The lowest BCUT2D eigenvalue weighted by Crippen LogP contribution is -2.45. The van der Waals surface area contributed by atoms with E-state index in [4.69, 9.17) is 4.99 Å². The summed E-state index contributed by atoms with van der Waals surface area (Å²) in [4.78, 5) is 7.26. The van der Waals surface area contributed by atoms with Crippen LogP contribution in [0, 0.1) is 0 Å². The lowest BCUT2D eigenvalue weighted by Gasteiger charge is -2.30. The van der Waals surface area contributed by atoms with E-state index in [1.54, 1.807) is 0 Å².